The number of carbonyl (C=O) groups is 1. The first kappa shape index (κ1) is 11.7. The van der Waals surface area contributed by atoms with Crippen molar-refractivity contribution in [1.82, 2.24) is 15.4 Å². The van der Waals surface area contributed by atoms with Crippen molar-refractivity contribution in [2.75, 3.05) is 32.8 Å². The molecule has 1 spiro atoms. The van der Waals surface area contributed by atoms with Gasteiger partial charge in [-0.3, -0.25) is 4.79 Å². The van der Waals surface area contributed by atoms with Crippen LogP contribution in [-0.2, 0) is 4.74 Å². The van der Waals surface area contributed by atoms with Gasteiger partial charge in [-0.05, 0) is 25.9 Å². The molecule has 2 saturated heterocycles. The van der Waals surface area contributed by atoms with Crippen molar-refractivity contribution in [3.05, 3.63) is 18.0 Å². The van der Waals surface area contributed by atoms with Crippen LogP contribution in [-0.4, -0.2) is 54.4 Å². The van der Waals surface area contributed by atoms with Crippen LogP contribution in [0.5, 0.6) is 0 Å². The Hall–Kier alpha value is -1.40. The third-order valence-electron chi connectivity index (χ3n) is 3.70. The number of carbonyl (C=O) groups excluding carboxylic acids is 1. The number of hydrogen-bond acceptors (Lipinski definition) is 5. The molecule has 1 N–H and O–H groups in total. The van der Waals surface area contributed by atoms with Crippen molar-refractivity contribution in [3.8, 4) is 0 Å². The quantitative estimate of drug-likeness (QED) is 0.776. The number of hydrogen-bond donors (Lipinski definition) is 1. The van der Waals surface area contributed by atoms with Crippen LogP contribution in [0.4, 0.5) is 0 Å². The third kappa shape index (κ3) is 2.13. The Morgan fingerprint density at radius 3 is 3.00 bits per heavy atom. The van der Waals surface area contributed by atoms with Gasteiger partial charge < -0.3 is 19.5 Å². The summed E-state index contributed by atoms with van der Waals surface area (Å²) in [4.78, 5) is 14.0. The molecular formula is C12H17N3O3. The molecule has 2 aliphatic heterocycles. The van der Waals surface area contributed by atoms with Gasteiger partial charge in [-0.2, -0.15) is 0 Å². The van der Waals surface area contributed by atoms with Crippen LogP contribution < -0.4 is 5.32 Å². The molecule has 2 aliphatic rings. The Bertz CT molecular complexity index is 407. The highest BCUT2D eigenvalue weighted by Crippen LogP contribution is 2.28. The maximum Gasteiger partial charge on any atom is 0.292 e. The summed E-state index contributed by atoms with van der Waals surface area (Å²) < 4.78 is 10.9. The fourth-order valence-corrected chi connectivity index (χ4v) is 2.69. The predicted octanol–water partition coefficient (Wildman–Crippen LogP) is 0.269. The number of ether oxygens (including phenoxy) is 1. The van der Waals surface area contributed by atoms with Crippen LogP contribution in [0.2, 0.25) is 0 Å². The van der Waals surface area contributed by atoms with Crippen LogP contribution >= 0.6 is 0 Å². The van der Waals surface area contributed by atoms with Crippen LogP contribution in [0.1, 0.15) is 23.4 Å². The van der Waals surface area contributed by atoms with Crippen molar-refractivity contribution in [1.29, 1.82) is 0 Å². The van der Waals surface area contributed by atoms with E-state index in [1.807, 2.05) is 4.90 Å². The van der Waals surface area contributed by atoms with Crippen molar-refractivity contribution in [2.24, 2.45) is 0 Å². The third-order valence-corrected chi connectivity index (χ3v) is 3.70. The number of nitrogens with zero attached hydrogens (tertiary/aromatic N) is 2. The fourth-order valence-electron chi connectivity index (χ4n) is 2.69. The first-order valence-corrected chi connectivity index (χ1v) is 6.34. The van der Waals surface area contributed by atoms with Gasteiger partial charge in [0.15, 0.2) is 0 Å². The molecule has 0 saturated carbocycles. The van der Waals surface area contributed by atoms with Gasteiger partial charge in [-0.1, -0.05) is 5.16 Å². The van der Waals surface area contributed by atoms with E-state index in [1.54, 1.807) is 6.07 Å². The largest absolute Gasteiger partial charge is 0.371 e. The van der Waals surface area contributed by atoms with E-state index in [2.05, 4.69) is 10.5 Å². The highest BCUT2D eigenvalue weighted by Gasteiger charge is 2.39. The maximum atomic E-state index is 12.2. The minimum atomic E-state index is -0.167. The standard InChI is InChI=1S/C12H17N3O3/c16-11(10-1-4-14-18-10)15-7-8-17-12(9-15)2-5-13-6-3-12/h1,4,13H,2-3,5-9H2. The molecule has 0 atom stereocenters. The molecule has 0 aromatic carbocycles. The topological polar surface area (TPSA) is 67.6 Å². The first-order chi connectivity index (χ1) is 8.79. The molecule has 0 aliphatic carbocycles. The number of amides is 1. The van der Waals surface area contributed by atoms with E-state index in [0.29, 0.717) is 25.5 Å². The molecule has 1 aromatic heterocycles. The Labute approximate surface area is 105 Å². The van der Waals surface area contributed by atoms with E-state index in [4.69, 9.17) is 9.26 Å². The maximum absolute atomic E-state index is 12.2. The highest BCUT2D eigenvalue weighted by atomic mass is 16.5. The van der Waals surface area contributed by atoms with Gasteiger partial charge in [0.1, 0.15) is 0 Å². The average Bonchev–Trinajstić information content (AvgIpc) is 2.93. The molecule has 6 heteroatoms. The predicted molar refractivity (Wildman–Crippen MR) is 63.2 cm³/mol. The molecule has 0 unspecified atom stereocenters. The second kappa shape index (κ2) is 4.70. The zero-order valence-electron chi connectivity index (χ0n) is 10.2. The van der Waals surface area contributed by atoms with E-state index >= 15 is 0 Å². The van der Waals surface area contributed by atoms with Gasteiger partial charge in [0, 0.05) is 12.6 Å². The lowest BCUT2D eigenvalue weighted by Gasteiger charge is -2.44. The van der Waals surface area contributed by atoms with E-state index in [9.17, 15) is 4.79 Å². The normalized spacial score (nSPS) is 23.2. The van der Waals surface area contributed by atoms with Gasteiger partial charge in [0.25, 0.3) is 5.91 Å². The molecule has 0 radical (unpaired) electrons. The lowest BCUT2D eigenvalue weighted by Crippen LogP contribution is -2.57. The fraction of sp³-hybridized carbons (Fsp3) is 0.667. The average molecular weight is 251 g/mol. The van der Waals surface area contributed by atoms with Crippen LogP contribution in [0.15, 0.2) is 16.8 Å². The Morgan fingerprint density at radius 1 is 1.44 bits per heavy atom. The number of piperidine rings is 1. The molecule has 2 fully saturated rings. The molecular weight excluding hydrogens is 234 g/mol. The van der Waals surface area contributed by atoms with Gasteiger partial charge in [0.05, 0.1) is 24.9 Å². The Morgan fingerprint density at radius 2 is 2.28 bits per heavy atom. The smallest absolute Gasteiger partial charge is 0.292 e. The van der Waals surface area contributed by atoms with E-state index in [-0.39, 0.29) is 11.5 Å². The molecule has 98 valence electrons. The van der Waals surface area contributed by atoms with Crippen molar-refractivity contribution >= 4 is 5.91 Å². The molecule has 0 bridgehead atoms. The summed E-state index contributed by atoms with van der Waals surface area (Å²) in [5, 5.41) is 6.89. The van der Waals surface area contributed by atoms with E-state index in [1.165, 1.54) is 6.20 Å². The van der Waals surface area contributed by atoms with Crippen LogP contribution in [0.3, 0.4) is 0 Å². The summed E-state index contributed by atoms with van der Waals surface area (Å²) in [7, 11) is 0. The van der Waals surface area contributed by atoms with Gasteiger partial charge in [0.2, 0.25) is 5.76 Å². The Balaban J connectivity index is 1.72. The second-order valence-corrected chi connectivity index (χ2v) is 4.88. The van der Waals surface area contributed by atoms with Crippen molar-refractivity contribution < 1.29 is 14.1 Å². The van der Waals surface area contributed by atoms with E-state index in [0.717, 1.165) is 25.9 Å². The number of morpholine rings is 1. The number of rotatable bonds is 1. The van der Waals surface area contributed by atoms with Crippen LogP contribution in [0.25, 0.3) is 0 Å². The minimum absolute atomic E-state index is 0.0892. The zero-order chi connectivity index (χ0) is 12.4. The zero-order valence-corrected chi connectivity index (χ0v) is 10.2. The van der Waals surface area contributed by atoms with Crippen molar-refractivity contribution in [2.45, 2.75) is 18.4 Å². The molecule has 1 amide bonds. The molecule has 18 heavy (non-hydrogen) atoms. The summed E-state index contributed by atoms with van der Waals surface area (Å²) in [6.45, 7) is 3.76. The number of aromatic nitrogens is 1. The summed E-state index contributed by atoms with van der Waals surface area (Å²) in [5.41, 5.74) is -0.167. The molecule has 3 rings (SSSR count). The second-order valence-electron chi connectivity index (χ2n) is 4.88. The minimum Gasteiger partial charge on any atom is -0.371 e. The molecule has 6 nitrogen and oxygen atoms in total. The summed E-state index contributed by atoms with van der Waals surface area (Å²) in [6.07, 6.45) is 3.40. The summed E-state index contributed by atoms with van der Waals surface area (Å²) in [6, 6.07) is 1.60. The van der Waals surface area contributed by atoms with Gasteiger partial charge >= 0.3 is 0 Å². The van der Waals surface area contributed by atoms with E-state index < -0.39 is 0 Å². The molecule has 3 heterocycles. The van der Waals surface area contributed by atoms with Crippen molar-refractivity contribution in [3.63, 3.8) is 0 Å². The monoisotopic (exact) mass is 251 g/mol. The SMILES string of the molecule is O=C(c1ccno1)N1CCOC2(CCNCC2)C1. The lowest BCUT2D eigenvalue weighted by molar-refractivity contribution is -0.114. The first-order valence-electron chi connectivity index (χ1n) is 6.34. The summed E-state index contributed by atoms with van der Waals surface area (Å²) >= 11 is 0. The summed E-state index contributed by atoms with van der Waals surface area (Å²) in [5.74, 6) is 0.217. The molecule has 1 aromatic rings. The van der Waals surface area contributed by atoms with Gasteiger partial charge in [-0.25, -0.2) is 0 Å². The lowest BCUT2D eigenvalue weighted by atomic mass is 9.90. The van der Waals surface area contributed by atoms with Gasteiger partial charge in [-0.15, -0.1) is 0 Å². The Kier molecular flexibility index (Phi) is 3.05. The highest BCUT2D eigenvalue weighted by molar-refractivity contribution is 5.91. The number of nitrogens with one attached hydrogen (secondary N) is 1. The van der Waals surface area contributed by atoms with Crippen LogP contribution in [0, 0.1) is 0 Å².